The lowest BCUT2D eigenvalue weighted by Gasteiger charge is -2.05. The Morgan fingerprint density at radius 1 is 1.35 bits per heavy atom. The zero-order valence-corrected chi connectivity index (χ0v) is 14.6. The van der Waals surface area contributed by atoms with Gasteiger partial charge in [-0.3, -0.25) is 4.79 Å². The van der Waals surface area contributed by atoms with Crippen molar-refractivity contribution in [1.29, 1.82) is 0 Å². The SMILES string of the molecule is CCOc1cc(/C=N/NC(=O)c2nc3nc(C)cc(C)n3n2)ccc1O. The normalized spacial score (nSPS) is 11.2. The quantitative estimate of drug-likeness (QED) is 0.531. The first-order valence-electron chi connectivity index (χ1n) is 7.98. The Labute approximate surface area is 149 Å². The third kappa shape index (κ3) is 3.61. The molecule has 0 spiro atoms. The first kappa shape index (κ1) is 17.3. The number of phenols is 1. The molecule has 0 aliphatic heterocycles. The van der Waals surface area contributed by atoms with Crippen molar-refractivity contribution in [2.24, 2.45) is 5.10 Å². The summed E-state index contributed by atoms with van der Waals surface area (Å²) in [6.07, 6.45) is 1.43. The molecule has 9 heteroatoms. The van der Waals surface area contributed by atoms with E-state index in [1.54, 1.807) is 12.1 Å². The second-order valence-corrected chi connectivity index (χ2v) is 5.55. The number of phenolic OH excluding ortho intramolecular Hbond substituents is 1. The van der Waals surface area contributed by atoms with E-state index >= 15 is 0 Å². The maximum absolute atomic E-state index is 12.2. The number of carbonyl (C=O) groups is 1. The topological polar surface area (TPSA) is 114 Å². The number of nitrogens with zero attached hydrogens (tertiary/aromatic N) is 5. The second-order valence-electron chi connectivity index (χ2n) is 5.55. The summed E-state index contributed by atoms with van der Waals surface area (Å²) in [6, 6.07) is 6.61. The predicted octanol–water partition coefficient (Wildman–Crippen LogP) is 1.61. The Kier molecular flexibility index (Phi) is 4.78. The van der Waals surface area contributed by atoms with Crippen molar-refractivity contribution in [3.63, 3.8) is 0 Å². The van der Waals surface area contributed by atoms with Crippen molar-refractivity contribution < 1.29 is 14.6 Å². The Balaban J connectivity index is 1.73. The number of aromatic nitrogens is 4. The first-order chi connectivity index (χ1) is 12.5. The average molecular weight is 354 g/mol. The zero-order valence-electron chi connectivity index (χ0n) is 14.6. The Hall–Kier alpha value is -3.49. The van der Waals surface area contributed by atoms with E-state index in [0.717, 1.165) is 11.4 Å². The van der Waals surface area contributed by atoms with E-state index in [9.17, 15) is 9.90 Å². The highest BCUT2D eigenvalue weighted by atomic mass is 16.5. The molecular weight excluding hydrogens is 336 g/mol. The minimum atomic E-state index is -0.549. The molecular formula is C17H18N6O3. The molecule has 0 fully saturated rings. The van der Waals surface area contributed by atoms with Crippen LogP contribution in [0.1, 0.15) is 34.5 Å². The minimum Gasteiger partial charge on any atom is -0.504 e. The molecule has 0 bridgehead atoms. The number of hydrogen-bond acceptors (Lipinski definition) is 7. The fourth-order valence-electron chi connectivity index (χ4n) is 2.36. The highest BCUT2D eigenvalue weighted by Crippen LogP contribution is 2.26. The van der Waals surface area contributed by atoms with Gasteiger partial charge in [-0.2, -0.15) is 10.1 Å². The maximum atomic E-state index is 12.2. The number of aryl methyl sites for hydroxylation is 2. The van der Waals surface area contributed by atoms with Crippen LogP contribution in [0.3, 0.4) is 0 Å². The Morgan fingerprint density at radius 2 is 2.15 bits per heavy atom. The zero-order chi connectivity index (χ0) is 18.7. The van der Waals surface area contributed by atoms with Crippen molar-refractivity contribution in [3.8, 4) is 11.5 Å². The second kappa shape index (κ2) is 7.18. The lowest BCUT2D eigenvalue weighted by molar-refractivity contribution is 0.0945. The largest absolute Gasteiger partial charge is 0.504 e. The van der Waals surface area contributed by atoms with Gasteiger partial charge in [0, 0.05) is 11.4 Å². The number of benzene rings is 1. The molecule has 134 valence electrons. The van der Waals surface area contributed by atoms with Crippen LogP contribution >= 0.6 is 0 Å². The summed E-state index contributed by atoms with van der Waals surface area (Å²) in [7, 11) is 0. The standard InChI is InChI=1S/C17H18N6O3/c1-4-26-14-8-12(5-6-13(14)24)9-18-21-16(25)15-20-17-19-10(2)7-11(3)23(17)22-15/h5-9,24H,4H2,1-3H3,(H,21,25)/b18-9+. The van der Waals surface area contributed by atoms with Gasteiger partial charge in [0.05, 0.1) is 12.8 Å². The number of carbonyl (C=O) groups excluding carboxylic acids is 1. The Bertz CT molecular complexity index is 996. The summed E-state index contributed by atoms with van der Waals surface area (Å²) in [5.41, 5.74) is 4.65. The van der Waals surface area contributed by atoms with Gasteiger partial charge >= 0.3 is 5.91 Å². The highest BCUT2D eigenvalue weighted by molar-refractivity contribution is 5.91. The van der Waals surface area contributed by atoms with Crippen LogP contribution < -0.4 is 10.2 Å². The van der Waals surface area contributed by atoms with E-state index in [2.05, 4.69) is 25.6 Å². The molecule has 2 heterocycles. The number of nitrogens with one attached hydrogen (secondary N) is 1. The molecule has 26 heavy (non-hydrogen) atoms. The fraction of sp³-hybridized carbons (Fsp3) is 0.235. The molecule has 2 N–H and O–H groups in total. The number of ether oxygens (including phenoxy) is 1. The lowest BCUT2D eigenvalue weighted by Crippen LogP contribution is -2.19. The molecule has 0 aliphatic rings. The molecule has 0 saturated heterocycles. The van der Waals surface area contributed by atoms with Crippen LogP contribution in [0.2, 0.25) is 0 Å². The Morgan fingerprint density at radius 3 is 2.92 bits per heavy atom. The molecule has 0 atom stereocenters. The third-order valence-electron chi connectivity index (χ3n) is 3.48. The van der Waals surface area contributed by atoms with Crippen molar-refractivity contribution in [2.45, 2.75) is 20.8 Å². The van der Waals surface area contributed by atoms with E-state index in [4.69, 9.17) is 4.74 Å². The summed E-state index contributed by atoms with van der Waals surface area (Å²) >= 11 is 0. The number of fused-ring (bicyclic) bond motifs is 1. The molecule has 0 radical (unpaired) electrons. The van der Waals surface area contributed by atoms with E-state index in [-0.39, 0.29) is 11.6 Å². The molecule has 1 amide bonds. The number of hydrazone groups is 1. The molecule has 0 unspecified atom stereocenters. The van der Waals surface area contributed by atoms with Gasteiger partial charge in [0.15, 0.2) is 11.5 Å². The van der Waals surface area contributed by atoms with Crippen molar-refractivity contribution >= 4 is 17.9 Å². The van der Waals surface area contributed by atoms with E-state index in [1.807, 2.05) is 26.8 Å². The molecule has 2 aromatic heterocycles. The summed E-state index contributed by atoms with van der Waals surface area (Å²) in [6.45, 7) is 5.95. The number of aromatic hydroxyl groups is 1. The summed E-state index contributed by atoms with van der Waals surface area (Å²) < 4.78 is 6.80. The van der Waals surface area contributed by atoms with Gasteiger partial charge in [0.1, 0.15) is 0 Å². The van der Waals surface area contributed by atoms with Gasteiger partial charge in [-0.25, -0.2) is 14.9 Å². The van der Waals surface area contributed by atoms with E-state index in [1.165, 1.54) is 16.8 Å². The smallest absolute Gasteiger partial charge is 0.311 e. The van der Waals surface area contributed by atoms with Crippen LogP contribution in [0.5, 0.6) is 11.5 Å². The number of amides is 1. The maximum Gasteiger partial charge on any atom is 0.311 e. The van der Waals surface area contributed by atoms with Crippen molar-refractivity contribution in [1.82, 2.24) is 25.0 Å². The summed E-state index contributed by atoms with van der Waals surface area (Å²) in [4.78, 5) is 20.5. The number of rotatable bonds is 5. The van der Waals surface area contributed by atoms with Crippen LogP contribution in [-0.2, 0) is 0 Å². The van der Waals surface area contributed by atoms with Crippen LogP contribution in [-0.4, -0.2) is 43.4 Å². The molecule has 1 aromatic carbocycles. The average Bonchev–Trinajstić information content (AvgIpc) is 3.02. The van der Waals surface area contributed by atoms with Gasteiger partial charge in [-0.15, -0.1) is 5.10 Å². The van der Waals surface area contributed by atoms with Crippen molar-refractivity contribution in [3.05, 3.63) is 47.0 Å². The predicted molar refractivity (Wildman–Crippen MR) is 94.6 cm³/mol. The van der Waals surface area contributed by atoms with Gasteiger partial charge in [0.2, 0.25) is 5.82 Å². The van der Waals surface area contributed by atoms with Gasteiger partial charge < -0.3 is 9.84 Å². The number of hydrogen-bond donors (Lipinski definition) is 2. The van der Waals surface area contributed by atoms with Crippen LogP contribution in [0.25, 0.3) is 5.78 Å². The molecule has 0 saturated carbocycles. The van der Waals surface area contributed by atoms with Gasteiger partial charge in [-0.1, -0.05) is 0 Å². The molecule has 3 rings (SSSR count). The summed E-state index contributed by atoms with van der Waals surface area (Å²) in [5.74, 6) is 0.176. The van der Waals surface area contributed by atoms with Crippen LogP contribution in [0.4, 0.5) is 0 Å². The minimum absolute atomic E-state index is 0.0240. The molecule has 9 nitrogen and oxygen atoms in total. The van der Waals surface area contributed by atoms with Crippen molar-refractivity contribution in [2.75, 3.05) is 6.61 Å². The van der Waals surface area contributed by atoms with Crippen LogP contribution in [0, 0.1) is 13.8 Å². The summed E-state index contributed by atoms with van der Waals surface area (Å²) in [5, 5.41) is 17.7. The molecule has 3 aromatic rings. The first-order valence-corrected chi connectivity index (χ1v) is 7.98. The van der Waals surface area contributed by atoms with Gasteiger partial charge in [-0.05, 0) is 50.6 Å². The fourth-order valence-corrected chi connectivity index (χ4v) is 2.36. The molecule has 0 aliphatic carbocycles. The third-order valence-corrected chi connectivity index (χ3v) is 3.48. The van der Waals surface area contributed by atoms with Gasteiger partial charge in [0.25, 0.3) is 5.78 Å². The lowest BCUT2D eigenvalue weighted by atomic mass is 10.2. The van der Waals surface area contributed by atoms with E-state index < -0.39 is 5.91 Å². The highest BCUT2D eigenvalue weighted by Gasteiger charge is 2.14. The van der Waals surface area contributed by atoms with Crippen LogP contribution in [0.15, 0.2) is 29.4 Å². The monoisotopic (exact) mass is 354 g/mol. The van der Waals surface area contributed by atoms with E-state index in [0.29, 0.717) is 23.7 Å².